The van der Waals surface area contributed by atoms with Gasteiger partial charge in [0.1, 0.15) is 6.61 Å². The van der Waals surface area contributed by atoms with Gasteiger partial charge in [0.15, 0.2) is 16.3 Å². The number of benzene rings is 4. The van der Waals surface area contributed by atoms with Gasteiger partial charge in [-0.3, -0.25) is 9.36 Å². The molecule has 0 radical (unpaired) electrons. The third-order valence-corrected chi connectivity index (χ3v) is 9.00. The normalized spacial score (nSPS) is 14.7. The van der Waals surface area contributed by atoms with Crippen LogP contribution in [0.5, 0.6) is 11.5 Å². The van der Waals surface area contributed by atoms with Crippen LogP contribution in [0, 0.1) is 0 Å². The van der Waals surface area contributed by atoms with Crippen LogP contribution in [0.3, 0.4) is 0 Å². The summed E-state index contributed by atoms with van der Waals surface area (Å²) >= 11 is 13.9. The van der Waals surface area contributed by atoms with Gasteiger partial charge in [0.05, 0.1) is 40.6 Å². The highest BCUT2D eigenvalue weighted by Gasteiger charge is 2.34. The Balaban J connectivity index is 1.45. The van der Waals surface area contributed by atoms with Crippen molar-refractivity contribution < 1.29 is 19.0 Å². The lowest BCUT2D eigenvalue weighted by atomic mass is 9.91. The highest BCUT2D eigenvalue weighted by Crippen LogP contribution is 2.38. The minimum absolute atomic E-state index is 0.199. The van der Waals surface area contributed by atoms with E-state index in [2.05, 4.69) is 0 Å². The molecule has 2 heterocycles. The molecule has 0 unspecified atom stereocenters. The van der Waals surface area contributed by atoms with Gasteiger partial charge in [0, 0.05) is 5.02 Å². The second-order valence-corrected chi connectivity index (χ2v) is 12.2. The fraction of sp³-hybridized carbons (Fsp3) is 0.171. The van der Waals surface area contributed by atoms with Crippen molar-refractivity contribution in [3.63, 3.8) is 0 Å². The molecule has 6 rings (SSSR count). The first-order valence-electron chi connectivity index (χ1n) is 14.2. The van der Waals surface area contributed by atoms with Crippen LogP contribution >= 0.6 is 34.5 Å². The SMILES string of the molecule is CCOC(=O)C1=C(C)N=c2s/c(=C/c3cc(Cl)c(OCc4ccc(Cl)cc4)c(OC)c3)c(=O)n2[C@H]1c1cccc2ccccc12. The van der Waals surface area contributed by atoms with Crippen LogP contribution in [0.15, 0.2) is 99.9 Å². The number of hydrogen-bond acceptors (Lipinski definition) is 7. The lowest BCUT2D eigenvalue weighted by molar-refractivity contribution is -0.139. The molecule has 0 saturated heterocycles. The molecule has 5 aromatic rings. The summed E-state index contributed by atoms with van der Waals surface area (Å²) in [4.78, 5) is 32.7. The number of thiazole rings is 1. The molecule has 0 fully saturated rings. The molecule has 0 aliphatic carbocycles. The molecule has 0 saturated carbocycles. The van der Waals surface area contributed by atoms with E-state index in [0.717, 1.165) is 21.9 Å². The first-order chi connectivity index (χ1) is 21.8. The van der Waals surface area contributed by atoms with E-state index >= 15 is 0 Å². The molecule has 4 aromatic carbocycles. The maximum Gasteiger partial charge on any atom is 0.338 e. The second-order valence-electron chi connectivity index (χ2n) is 10.3. The van der Waals surface area contributed by atoms with Crippen LogP contribution < -0.4 is 24.4 Å². The van der Waals surface area contributed by atoms with E-state index in [1.54, 1.807) is 48.8 Å². The minimum atomic E-state index is -0.727. The van der Waals surface area contributed by atoms with Crippen LogP contribution in [0.1, 0.15) is 36.6 Å². The van der Waals surface area contributed by atoms with Crippen molar-refractivity contribution >= 4 is 57.4 Å². The van der Waals surface area contributed by atoms with Crippen molar-refractivity contribution in [2.45, 2.75) is 26.5 Å². The fourth-order valence-corrected chi connectivity index (χ4v) is 6.87. The topological polar surface area (TPSA) is 79.1 Å². The van der Waals surface area contributed by atoms with Crippen molar-refractivity contribution in [2.75, 3.05) is 13.7 Å². The van der Waals surface area contributed by atoms with E-state index in [9.17, 15) is 9.59 Å². The van der Waals surface area contributed by atoms with Crippen LogP contribution in [0.25, 0.3) is 16.8 Å². The van der Waals surface area contributed by atoms with Crippen molar-refractivity contribution in [3.8, 4) is 11.5 Å². The molecule has 10 heteroatoms. The van der Waals surface area contributed by atoms with Gasteiger partial charge in [-0.15, -0.1) is 0 Å². The monoisotopic (exact) mass is 658 g/mol. The van der Waals surface area contributed by atoms with Crippen LogP contribution in [0.4, 0.5) is 0 Å². The summed E-state index contributed by atoms with van der Waals surface area (Å²) in [6.45, 7) is 3.99. The summed E-state index contributed by atoms with van der Waals surface area (Å²) in [5.74, 6) is 0.305. The number of fused-ring (bicyclic) bond motifs is 2. The maximum absolute atomic E-state index is 14.2. The van der Waals surface area contributed by atoms with Crippen LogP contribution in [-0.2, 0) is 16.1 Å². The predicted octanol–water partition coefficient (Wildman–Crippen LogP) is 6.85. The number of esters is 1. The molecule has 0 N–H and O–H groups in total. The van der Waals surface area contributed by atoms with Gasteiger partial charge < -0.3 is 14.2 Å². The van der Waals surface area contributed by atoms with Crippen molar-refractivity contribution in [2.24, 2.45) is 4.99 Å². The number of halogens is 2. The number of aromatic nitrogens is 1. The Morgan fingerprint density at radius 2 is 1.80 bits per heavy atom. The standard InChI is InChI=1S/C35H28Cl2N2O5S/c1-4-43-34(41)30-20(2)38-35-39(31(30)26-11-7-9-23-8-5-6-10-25(23)26)33(40)29(45-35)18-22-16-27(37)32(28(17-22)42-3)44-19-21-12-14-24(36)15-13-21/h5-18,31H,4,19H2,1-3H3/b29-18+/t31-/m0/s1. The highest BCUT2D eigenvalue weighted by atomic mass is 35.5. The Morgan fingerprint density at radius 3 is 2.56 bits per heavy atom. The summed E-state index contributed by atoms with van der Waals surface area (Å²) in [7, 11) is 1.53. The van der Waals surface area contributed by atoms with E-state index in [0.29, 0.717) is 47.7 Å². The summed E-state index contributed by atoms with van der Waals surface area (Å²) in [5.41, 5.74) is 2.92. The number of nitrogens with zero attached hydrogens (tertiary/aromatic N) is 2. The summed E-state index contributed by atoms with van der Waals surface area (Å²) in [5, 5.41) is 2.90. The smallest absolute Gasteiger partial charge is 0.338 e. The number of hydrogen-bond donors (Lipinski definition) is 0. The minimum Gasteiger partial charge on any atom is -0.493 e. The zero-order chi connectivity index (χ0) is 31.7. The van der Waals surface area contributed by atoms with E-state index < -0.39 is 12.0 Å². The summed E-state index contributed by atoms with van der Waals surface area (Å²) in [6.07, 6.45) is 1.74. The zero-order valence-corrected chi connectivity index (χ0v) is 27.0. The Labute approximate surface area is 273 Å². The zero-order valence-electron chi connectivity index (χ0n) is 24.7. The first-order valence-corrected chi connectivity index (χ1v) is 15.8. The van der Waals surface area contributed by atoms with Gasteiger partial charge in [-0.1, -0.05) is 89.1 Å². The van der Waals surface area contributed by atoms with Crippen LogP contribution in [0.2, 0.25) is 10.0 Å². The molecule has 0 spiro atoms. The van der Waals surface area contributed by atoms with Gasteiger partial charge in [0.25, 0.3) is 5.56 Å². The first kappa shape index (κ1) is 30.6. The van der Waals surface area contributed by atoms with Crippen molar-refractivity contribution in [1.29, 1.82) is 0 Å². The molecule has 1 aliphatic rings. The van der Waals surface area contributed by atoms with E-state index in [-0.39, 0.29) is 18.8 Å². The van der Waals surface area contributed by atoms with E-state index in [1.165, 1.54) is 18.4 Å². The molecule has 1 atom stereocenters. The molecule has 0 amide bonds. The lowest BCUT2D eigenvalue weighted by Crippen LogP contribution is -2.40. The fourth-order valence-electron chi connectivity index (χ4n) is 5.43. The largest absolute Gasteiger partial charge is 0.493 e. The Bertz CT molecular complexity index is 2150. The van der Waals surface area contributed by atoms with Gasteiger partial charge in [0.2, 0.25) is 0 Å². The van der Waals surface area contributed by atoms with E-state index in [4.69, 9.17) is 42.4 Å². The van der Waals surface area contributed by atoms with Gasteiger partial charge in [-0.05, 0) is 71.7 Å². The van der Waals surface area contributed by atoms with Gasteiger partial charge in [-0.25, -0.2) is 9.79 Å². The average Bonchev–Trinajstić information content (AvgIpc) is 3.33. The molecule has 45 heavy (non-hydrogen) atoms. The maximum atomic E-state index is 14.2. The number of rotatable bonds is 8. The Morgan fingerprint density at radius 1 is 1.04 bits per heavy atom. The van der Waals surface area contributed by atoms with Crippen molar-refractivity contribution in [3.05, 3.63) is 137 Å². The number of ether oxygens (including phenoxy) is 3. The Hall–Kier alpha value is -4.37. The molecule has 1 aliphatic heterocycles. The molecule has 7 nitrogen and oxygen atoms in total. The van der Waals surface area contributed by atoms with Crippen molar-refractivity contribution in [1.82, 2.24) is 4.57 Å². The number of methoxy groups -OCH3 is 1. The van der Waals surface area contributed by atoms with Gasteiger partial charge in [-0.2, -0.15) is 0 Å². The lowest BCUT2D eigenvalue weighted by Gasteiger charge is -2.25. The molecular weight excluding hydrogens is 631 g/mol. The number of carbonyl (C=O) groups excluding carboxylic acids is 1. The van der Waals surface area contributed by atoms with E-state index in [1.807, 2.05) is 54.6 Å². The molecule has 1 aromatic heterocycles. The predicted molar refractivity (Wildman–Crippen MR) is 178 cm³/mol. The summed E-state index contributed by atoms with van der Waals surface area (Å²) in [6, 6.07) is 23.8. The Kier molecular flexibility index (Phi) is 8.81. The second kappa shape index (κ2) is 12.9. The number of allylic oxidation sites excluding steroid dienone is 1. The van der Waals surface area contributed by atoms with Crippen LogP contribution in [-0.4, -0.2) is 24.3 Å². The van der Waals surface area contributed by atoms with Gasteiger partial charge >= 0.3 is 5.97 Å². The highest BCUT2D eigenvalue weighted by molar-refractivity contribution is 7.07. The third-order valence-electron chi connectivity index (χ3n) is 7.48. The quantitative estimate of drug-likeness (QED) is 0.171. The molecular formula is C35H28Cl2N2O5S. The third kappa shape index (κ3) is 6.01. The molecule has 228 valence electrons. The molecule has 0 bridgehead atoms. The average molecular weight is 660 g/mol. The number of carbonyl (C=O) groups is 1. The summed E-state index contributed by atoms with van der Waals surface area (Å²) < 4.78 is 19.1.